The van der Waals surface area contributed by atoms with Crippen LogP contribution in [0.1, 0.15) is 22.5 Å². The molecule has 4 aromatic rings. The Morgan fingerprint density at radius 2 is 1.76 bits per heavy atom. The third-order valence-electron chi connectivity index (χ3n) is 5.64. The zero-order valence-electron chi connectivity index (χ0n) is 19.3. The predicted octanol–water partition coefficient (Wildman–Crippen LogP) is 4.31. The summed E-state index contributed by atoms with van der Waals surface area (Å²) >= 11 is 0. The van der Waals surface area contributed by atoms with Gasteiger partial charge in [0.15, 0.2) is 11.5 Å². The van der Waals surface area contributed by atoms with Gasteiger partial charge in [-0.3, -0.25) is 4.79 Å². The van der Waals surface area contributed by atoms with Crippen molar-refractivity contribution in [3.05, 3.63) is 89.2 Å². The third-order valence-corrected chi connectivity index (χ3v) is 5.64. The monoisotopic (exact) mass is 443 g/mol. The van der Waals surface area contributed by atoms with E-state index in [-0.39, 0.29) is 12.3 Å². The lowest BCUT2D eigenvalue weighted by Crippen LogP contribution is -2.28. The smallest absolute Gasteiger partial charge is 0.224 e. The van der Waals surface area contributed by atoms with E-state index < -0.39 is 0 Å². The average molecular weight is 444 g/mol. The second kappa shape index (κ2) is 10.2. The van der Waals surface area contributed by atoms with E-state index in [1.165, 1.54) is 11.1 Å². The average Bonchev–Trinajstić information content (AvgIpc) is 3.16. The summed E-state index contributed by atoms with van der Waals surface area (Å²) < 4.78 is 12.8. The number of fused-ring (bicyclic) bond motifs is 1. The molecule has 0 spiro atoms. The van der Waals surface area contributed by atoms with Gasteiger partial charge in [0, 0.05) is 19.5 Å². The Morgan fingerprint density at radius 3 is 2.55 bits per heavy atom. The van der Waals surface area contributed by atoms with E-state index in [2.05, 4.69) is 47.1 Å². The number of aryl methyl sites for hydroxylation is 1. The summed E-state index contributed by atoms with van der Waals surface area (Å²) in [6.07, 6.45) is 0.929. The molecule has 0 fully saturated rings. The van der Waals surface area contributed by atoms with Crippen molar-refractivity contribution in [2.24, 2.45) is 0 Å². The molecule has 1 heterocycles. The van der Waals surface area contributed by atoms with Crippen molar-refractivity contribution < 1.29 is 14.3 Å². The van der Waals surface area contributed by atoms with Crippen molar-refractivity contribution in [1.82, 2.24) is 14.9 Å². The molecule has 6 heteroatoms. The van der Waals surface area contributed by atoms with Gasteiger partial charge in [-0.1, -0.05) is 48.0 Å². The molecule has 0 aliphatic heterocycles. The van der Waals surface area contributed by atoms with Crippen LogP contribution in [0.4, 0.5) is 0 Å². The summed E-state index contributed by atoms with van der Waals surface area (Å²) in [5.74, 6) is 2.19. The number of nitrogens with one attached hydrogen (secondary N) is 1. The molecule has 0 atom stereocenters. The van der Waals surface area contributed by atoms with Gasteiger partial charge < -0.3 is 19.4 Å². The van der Waals surface area contributed by atoms with Crippen LogP contribution in [0.5, 0.6) is 11.5 Å². The summed E-state index contributed by atoms with van der Waals surface area (Å²) in [5.41, 5.74) is 5.41. The molecule has 6 nitrogen and oxygen atoms in total. The van der Waals surface area contributed by atoms with Crippen LogP contribution >= 0.6 is 0 Å². The number of amides is 1. The maximum absolute atomic E-state index is 12.5. The lowest BCUT2D eigenvalue weighted by atomic mass is 10.1. The fourth-order valence-corrected chi connectivity index (χ4v) is 4.04. The zero-order chi connectivity index (χ0) is 23.2. The highest BCUT2D eigenvalue weighted by atomic mass is 16.5. The van der Waals surface area contributed by atoms with Crippen LogP contribution in [0.2, 0.25) is 0 Å². The Hall–Kier alpha value is -3.80. The maximum Gasteiger partial charge on any atom is 0.224 e. The SMILES string of the molecule is COc1ccc(CC(=O)NCCc2nc3ccccc3n2Cc2cccc(C)c2)cc1OC. The molecular formula is C27H29N3O3. The Balaban J connectivity index is 1.43. The molecule has 3 aromatic carbocycles. The van der Waals surface area contributed by atoms with Crippen molar-refractivity contribution in [1.29, 1.82) is 0 Å². The molecule has 0 saturated carbocycles. The van der Waals surface area contributed by atoms with Gasteiger partial charge in [-0.15, -0.1) is 0 Å². The van der Waals surface area contributed by atoms with Crippen molar-refractivity contribution in [3.63, 3.8) is 0 Å². The van der Waals surface area contributed by atoms with Gasteiger partial charge in [-0.25, -0.2) is 4.98 Å². The number of carbonyl (C=O) groups excluding carboxylic acids is 1. The topological polar surface area (TPSA) is 65.4 Å². The molecule has 0 aliphatic rings. The van der Waals surface area contributed by atoms with E-state index in [4.69, 9.17) is 14.5 Å². The first-order chi connectivity index (χ1) is 16.1. The summed E-state index contributed by atoms with van der Waals surface area (Å²) in [4.78, 5) is 17.4. The van der Waals surface area contributed by atoms with Crippen molar-refractivity contribution in [3.8, 4) is 11.5 Å². The number of hydrogen-bond acceptors (Lipinski definition) is 4. The minimum Gasteiger partial charge on any atom is -0.493 e. The van der Waals surface area contributed by atoms with E-state index >= 15 is 0 Å². The van der Waals surface area contributed by atoms with Crippen LogP contribution in [-0.2, 0) is 24.2 Å². The lowest BCUT2D eigenvalue weighted by molar-refractivity contribution is -0.120. The fraction of sp³-hybridized carbons (Fsp3) is 0.259. The standard InChI is InChI=1S/C27H29N3O3/c1-19-7-6-8-21(15-19)18-30-23-10-5-4-9-22(23)29-26(30)13-14-28-27(31)17-20-11-12-24(32-2)25(16-20)33-3/h4-12,15-16H,13-14,17-18H2,1-3H3,(H,28,31). The maximum atomic E-state index is 12.5. The number of para-hydroxylation sites is 2. The fourth-order valence-electron chi connectivity index (χ4n) is 4.04. The minimum absolute atomic E-state index is 0.0384. The van der Waals surface area contributed by atoms with E-state index in [1.54, 1.807) is 14.2 Å². The molecule has 33 heavy (non-hydrogen) atoms. The van der Waals surface area contributed by atoms with Gasteiger partial charge in [-0.05, 0) is 42.3 Å². The molecule has 4 rings (SSSR count). The van der Waals surface area contributed by atoms with Crippen molar-refractivity contribution >= 4 is 16.9 Å². The van der Waals surface area contributed by atoms with E-state index in [0.717, 1.165) is 29.0 Å². The molecule has 1 aromatic heterocycles. The molecule has 0 unspecified atom stereocenters. The second-order valence-corrected chi connectivity index (χ2v) is 8.06. The third kappa shape index (κ3) is 5.34. The highest BCUT2D eigenvalue weighted by Crippen LogP contribution is 2.27. The van der Waals surface area contributed by atoms with Crippen LogP contribution in [0.3, 0.4) is 0 Å². The Kier molecular flexibility index (Phi) is 6.93. The number of rotatable bonds is 9. The van der Waals surface area contributed by atoms with Crippen LogP contribution < -0.4 is 14.8 Å². The van der Waals surface area contributed by atoms with Gasteiger partial charge in [0.05, 0.1) is 31.7 Å². The number of carbonyl (C=O) groups is 1. The quantitative estimate of drug-likeness (QED) is 0.419. The Morgan fingerprint density at radius 1 is 0.939 bits per heavy atom. The van der Waals surface area contributed by atoms with Crippen molar-refractivity contribution in [2.75, 3.05) is 20.8 Å². The molecule has 170 valence electrons. The first-order valence-electron chi connectivity index (χ1n) is 11.0. The second-order valence-electron chi connectivity index (χ2n) is 8.06. The minimum atomic E-state index is -0.0384. The number of ether oxygens (including phenoxy) is 2. The largest absolute Gasteiger partial charge is 0.493 e. The number of imidazole rings is 1. The number of hydrogen-bond donors (Lipinski definition) is 1. The van der Waals surface area contributed by atoms with Crippen LogP contribution in [0.25, 0.3) is 11.0 Å². The van der Waals surface area contributed by atoms with Gasteiger partial charge in [0.2, 0.25) is 5.91 Å². The number of nitrogens with zero attached hydrogens (tertiary/aromatic N) is 2. The van der Waals surface area contributed by atoms with Crippen LogP contribution in [0.15, 0.2) is 66.7 Å². The summed E-state index contributed by atoms with van der Waals surface area (Å²) in [6.45, 7) is 3.37. The molecule has 0 bridgehead atoms. The Bertz CT molecular complexity index is 1260. The van der Waals surface area contributed by atoms with Crippen LogP contribution in [0, 0.1) is 6.92 Å². The van der Waals surface area contributed by atoms with Crippen LogP contribution in [-0.4, -0.2) is 36.2 Å². The highest BCUT2D eigenvalue weighted by Gasteiger charge is 2.12. The number of methoxy groups -OCH3 is 2. The highest BCUT2D eigenvalue weighted by molar-refractivity contribution is 5.79. The molecule has 1 N–H and O–H groups in total. The van der Waals surface area contributed by atoms with Gasteiger partial charge in [0.25, 0.3) is 0 Å². The summed E-state index contributed by atoms with van der Waals surface area (Å²) in [5, 5.41) is 3.03. The van der Waals surface area contributed by atoms with E-state index in [1.807, 2.05) is 36.4 Å². The van der Waals surface area contributed by atoms with Gasteiger partial charge >= 0.3 is 0 Å². The van der Waals surface area contributed by atoms with Crippen molar-refractivity contribution in [2.45, 2.75) is 26.3 Å². The molecular weight excluding hydrogens is 414 g/mol. The molecule has 0 aliphatic carbocycles. The number of benzene rings is 3. The summed E-state index contributed by atoms with van der Waals surface area (Å²) in [6, 6.07) is 22.2. The molecule has 0 saturated heterocycles. The van der Waals surface area contributed by atoms with Gasteiger partial charge in [0.1, 0.15) is 5.82 Å². The summed E-state index contributed by atoms with van der Waals surface area (Å²) in [7, 11) is 3.18. The Labute approximate surface area is 194 Å². The predicted molar refractivity (Wildman–Crippen MR) is 130 cm³/mol. The first-order valence-corrected chi connectivity index (χ1v) is 11.0. The molecule has 1 amide bonds. The van der Waals surface area contributed by atoms with E-state index in [9.17, 15) is 4.79 Å². The lowest BCUT2D eigenvalue weighted by Gasteiger charge is -2.11. The van der Waals surface area contributed by atoms with E-state index in [0.29, 0.717) is 24.5 Å². The normalized spacial score (nSPS) is 10.9. The molecule has 0 radical (unpaired) electrons. The number of aromatic nitrogens is 2. The zero-order valence-corrected chi connectivity index (χ0v) is 19.3. The first kappa shape index (κ1) is 22.4. The van der Waals surface area contributed by atoms with Gasteiger partial charge in [-0.2, -0.15) is 0 Å².